The highest BCUT2D eigenvalue weighted by molar-refractivity contribution is 5.55. The lowest BCUT2D eigenvalue weighted by atomic mass is 9.82. The van der Waals surface area contributed by atoms with Gasteiger partial charge in [0, 0.05) is 42.0 Å². The van der Waals surface area contributed by atoms with Crippen LogP contribution in [0.15, 0.2) is 18.7 Å². The second-order valence-electron chi connectivity index (χ2n) is 7.69. The van der Waals surface area contributed by atoms with Crippen molar-refractivity contribution < 1.29 is 0 Å². The average Bonchev–Trinajstić information content (AvgIpc) is 2.56. The summed E-state index contributed by atoms with van der Waals surface area (Å²) in [6.45, 7) is 6.20. The Hall–Kier alpha value is -2.24. The van der Waals surface area contributed by atoms with Crippen LogP contribution in [-0.4, -0.2) is 45.1 Å². The highest BCUT2D eigenvalue weighted by Crippen LogP contribution is 2.40. The van der Waals surface area contributed by atoms with E-state index in [1.165, 1.54) is 36.9 Å². The van der Waals surface area contributed by atoms with Gasteiger partial charge in [-0.1, -0.05) is 6.42 Å². The molecule has 0 N–H and O–H groups in total. The van der Waals surface area contributed by atoms with Crippen LogP contribution in [-0.2, 0) is 0 Å². The third-order valence-corrected chi connectivity index (χ3v) is 6.26. The zero-order valence-electron chi connectivity index (χ0n) is 14.9. The summed E-state index contributed by atoms with van der Waals surface area (Å²) in [5.41, 5.74) is 3.51. The third kappa shape index (κ3) is 2.38. The van der Waals surface area contributed by atoms with Gasteiger partial charge in [-0.15, -0.1) is 0 Å². The molecule has 2 unspecified atom stereocenters. The Morgan fingerprint density at radius 1 is 0.960 bits per heavy atom. The van der Waals surface area contributed by atoms with Crippen molar-refractivity contribution in [2.75, 3.05) is 22.9 Å². The molecule has 6 rings (SSSR count). The van der Waals surface area contributed by atoms with Crippen molar-refractivity contribution in [2.45, 2.75) is 57.5 Å². The quantitative estimate of drug-likeness (QED) is 0.859. The van der Waals surface area contributed by atoms with Crippen LogP contribution in [0.1, 0.15) is 48.6 Å². The summed E-state index contributed by atoms with van der Waals surface area (Å²) in [6.07, 6.45) is 8.60. The van der Waals surface area contributed by atoms with Gasteiger partial charge in [-0.3, -0.25) is 0 Å². The van der Waals surface area contributed by atoms with Crippen molar-refractivity contribution in [1.82, 2.24) is 19.9 Å². The average molecular weight is 336 g/mol. The van der Waals surface area contributed by atoms with Gasteiger partial charge in [-0.2, -0.15) is 0 Å². The molecule has 3 saturated heterocycles. The third-order valence-electron chi connectivity index (χ3n) is 6.26. The lowest BCUT2D eigenvalue weighted by Gasteiger charge is -2.57. The van der Waals surface area contributed by atoms with E-state index >= 15 is 0 Å². The number of piperazine rings is 1. The van der Waals surface area contributed by atoms with Gasteiger partial charge in [0.1, 0.15) is 24.3 Å². The standard InChI is InChI=1S/C19H24N6/c1-12-13(2)20-10-23-19(12)24-8-15-6-16(9-24)25(15)18-7-17(21-11-22-18)14-4-3-5-14/h7,10-11,14-16H,3-6,8-9H2,1-2H3. The zero-order valence-corrected chi connectivity index (χ0v) is 14.9. The van der Waals surface area contributed by atoms with Crippen LogP contribution in [0.2, 0.25) is 0 Å². The van der Waals surface area contributed by atoms with Crippen molar-refractivity contribution in [3.63, 3.8) is 0 Å². The number of hydrogen-bond donors (Lipinski definition) is 0. The van der Waals surface area contributed by atoms with E-state index in [9.17, 15) is 0 Å². The normalized spacial score (nSPS) is 25.5. The van der Waals surface area contributed by atoms with E-state index in [0.29, 0.717) is 18.0 Å². The minimum absolute atomic E-state index is 0.526. The van der Waals surface area contributed by atoms with Crippen LogP contribution < -0.4 is 9.80 Å². The Morgan fingerprint density at radius 2 is 1.72 bits per heavy atom. The second-order valence-corrected chi connectivity index (χ2v) is 7.69. The van der Waals surface area contributed by atoms with E-state index in [1.807, 2.05) is 0 Å². The van der Waals surface area contributed by atoms with Gasteiger partial charge in [0.2, 0.25) is 0 Å². The van der Waals surface area contributed by atoms with E-state index in [1.54, 1.807) is 12.7 Å². The van der Waals surface area contributed by atoms with E-state index in [2.05, 4.69) is 49.6 Å². The fraction of sp³-hybridized carbons (Fsp3) is 0.579. The molecular formula is C19H24N6. The van der Waals surface area contributed by atoms with Gasteiger partial charge < -0.3 is 9.80 Å². The first-order chi connectivity index (χ1) is 12.2. The van der Waals surface area contributed by atoms with Crippen LogP contribution in [0.4, 0.5) is 11.6 Å². The number of aryl methyl sites for hydroxylation is 1. The summed E-state index contributed by atoms with van der Waals surface area (Å²) in [5, 5.41) is 0. The topological polar surface area (TPSA) is 58.0 Å². The fourth-order valence-electron chi connectivity index (χ4n) is 4.43. The number of hydrogen-bond acceptors (Lipinski definition) is 6. The zero-order chi connectivity index (χ0) is 17.0. The lowest BCUT2D eigenvalue weighted by molar-refractivity contribution is 0.287. The number of fused-ring (bicyclic) bond motifs is 2. The molecule has 0 spiro atoms. The summed E-state index contributed by atoms with van der Waals surface area (Å²) in [5.74, 6) is 2.87. The maximum absolute atomic E-state index is 4.58. The second kappa shape index (κ2) is 5.64. The molecule has 0 aromatic carbocycles. The molecule has 1 saturated carbocycles. The monoisotopic (exact) mass is 336 g/mol. The number of nitrogens with zero attached hydrogens (tertiary/aromatic N) is 6. The number of rotatable bonds is 3. The smallest absolute Gasteiger partial charge is 0.135 e. The predicted octanol–water partition coefficient (Wildman–Crippen LogP) is 2.62. The van der Waals surface area contributed by atoms with Crippen LogP contribution in [0.5, 0.6) is 0 Å². The summed E-state index contributed by atoms with van der Waals surface area (Å²) in [7, 11) is 0. The fourth-order valence-corrected chi connectivity index (χ4v) is 4.43. The van der Waals surface area contributed by atoms with Crippen molar-refractivity contribution in [3.05, 3.63) is 35.7 Å². The summed E-state index contributed by atoms with van der Waals surface area (Å²) < 4.78 is 0. The highest BCUT2D eigenvalue weighted by Gasteiger charge is 2.46. The molecule has 6 nitrogen and oxygen atoms in total. The largest absolute Gasteiger partial charge is 0.352 e. The van der Waals surface area contributed by atoms with Crippen LogP contribution in [0.25, 0.3) is 0 Å². The van der Waals surface area contributed by atoms with Crippen LogP contribution >= 0.6 is 0 Å². The number of anilines is 2. The minimum atomic E-state index is 0.526. The maximum atomic E-state index is 4.58. The maximum Gasteiger partial charge on any atom is 0.135 e. The molecule has 1 aliphatic carbocycles. The molecule has 3 aliphatic heterocycles. The van der Waals surface area contributed by atoms with E-state index < -0.39 is 0 Å². The molecule has 130 valence electrons. The summed E-state index contributed by atoms with van der Waals surface area (Å²) >= 11 is 0. The highest BCUT2D eigenvalue weighted by atomic mass is 15.4. The van der Waals surface area contributed by atoms with Gasteiger partial charge >= 0.3 is 0 Å². The molecule has 25 heavy (non-hydrogen) atoms. The van der Waals surface area contributed by atoms with Crippen molar-refractivity contribution >= 4 is 11.6 Å². The van der Waals surface area contributed by atoms with E-state index in [0.717, 1.165) is 30.4 Å². The van der Waals surface area contributed by atoms with Gasteiger partial charge in [-0.05, 0) is 33.1 Å². The van der Waals surface area contributed by atoms with Crippen LogP contribution in [0, 0.1) is 13.8 Å². The van der Waals surface area contributed by atoms with E-state index in [4.69, 9.17) is 0 Å². The van der Waals surface area contributed by atoms with Crippen LogP contribution in [0.3, 0.4) is 0 Å². The van der Waals surface area contributed by atoms with Gasteiger partial charge in [-0.25, -0.2) is 19.9 Å². The minimum Gasteiger partial charge on any atom is -0.352 e. The molecule has 4 aliphatic rings. The van der Waals surface area contributed by atoms with E-state index in [-0.39, 0.29) is 0 Å². The molecule has 2 bridgehead atoms. The first-order valence-corrected chi connectivity index (χ1v) is 9.34. The summed E-state index contributed by atoms with van der Waals surface area (Å²) in [6, 6.07) is 3.29. The lowest BCUT2D eigenvalue weighted by Crippen LogP contribution is -2.69. The Kier molecular flexibility index (Phi) is 3.40. The van der Waals surface area contributed by atoms with Gasteiger partial charge in [0.25, 0.3) is 0 Å². The van der Waals surface area contributed by atoms with Crippen molar-refractivity contribution in [3.8, 4) is 0 Å². The molecule has 6 heteroatoms. The Balaban J connectivity index is 1.36. The Labute approximate surface area is 148 Å². The SMILES string of the molecule is Cc1ncnc(N2CC3CC(C2)N3c2cc(C3CCC3)ncn2)c1C. The Bertz CT molecular complexity index is 790. The summed E-state index contributed by atoms with van der Waals surface area (Å²) in [4.78, 5) is 22.9. The van der Waals surface area contributed by atoms with Gasteiger partial charge in [0.05, 0.1) is 12.1 Å². The van der Waals surface area contributed by atoms with Crippen molar-refractivity contribution in [2.24, 2.45) is 0 Å². The first kappa shape index (κ1) is 15.0. The molecule has 0 amide bonds. The molecule has 5 heterocycles. The first-order valence-electron chi connectivity index (χ1n) is 9.34. The Morgan fingerprint density at radius 3 is 2.44 bits per heavy atom. The molecular weight excluding hydrogens is 312 g/mol. The van der Waals surface area contributed by atoms with Gasteiger partial charge in [0.15, 0.2) is 0 Å². The molecule has 2 atom stereocenters. The van der Waals surface area contributed by atoms with Crippen molar-refractivity contribution in [1.29, 1.82) is 0 Å². The predicted molar refractivity (Wildman–Crippen MR) is 97.0 cm³/mol. The molecule has 4 fully saturated rings. The number of aromatic nitrogens is 4. The molecule has 0 radical (unpaired) electrons. The molecule has 2 aromatic heterocycles. The number of piperidine rings is 1. The molecule has 2 aromatic rings.